The van der Waals surface area contributed by atoms with Gasteiger partial charge in [-0.2, -0.15) is 5.10 Å². The predicted molar refractivity (Wildman–Crippen MR) is 74.8 cm³/mol. The second kappa shape index (κ2) is 6.07. The fourth-order valence-corrected chi connectivity index (χ4v) is 2.69. The Labute approximate surface area is 112 Å². The second-order valence-electron chi connectivity index (χ2n) is 4.27. The van der Waals surface area contributed by atoms with E-state index in [-0.39, 0.29) is 0 Å². The summed E-state index contributed by atoms with van der Waals surface area (Å²) < 4.78 is 1.83. The average molecular weight is 262 g/mol. The van der Waals surface area contributed by atoms with Crippen molar-refractivity contribution in [2.45, 2.75) is 31.4 Å². The molecule has 1 heterocycles. The highest BCUT2D eigenvalue weighted by molar-refractivity contribution is 7.99. The molecule has 0 aliphatic carbocycles. The molecule has 96 valence electrons. The summed E-state index contributed by atoms with van der Waals surface area (Å²) in [6.07, 6.45) is 3.18. The minimum Gasteiger partial charge on any atom is -0.387 e. The molecule has 4 heteroatoms. The van der Waals surface area contributed by atoms with E-state index < -0.39 is 6.10 Å². The van der Waals surface area contributed by atoms with Crippen LogP contribution in [-0.2, 0) is 6.54 Å². The van der Waals surface area contributed by atoms with Crippen LogP contribution in [0, 0.1) is 6.92 Å². The highest BCUT2D eigenvalue weighted by Gasteiger charge is 2.10. The van der Waals surface area contributed by atoms with Crippen LogP contribution >= 0.6 is 11.8 Å². The van der Waals surface area contributed by atoms with E-state index >= 15 is 0 Å². The number of rotatable bonds is 5. The Morgan fingerprint density at radius 2 is 2.28 bits per heavy atom. The summed E-state index contributed by atoms with van der Waals surface area (Å²) in [5.74, 6) is 0.652. The van der Waals surface area contributed by atoms with Gasteiger partial charge in [-0.1, -0.05) is 17.7 Å². The van der Waals surface area contributed by atoms with Gasteiger partial charge in [0, 0.05) is 29.0 Å². The number of thioether (sulfide) groups is 1. The standard InChI is InChI=1S/C14H18N2OS/c1-3-16-9-12(8-15-16)14(17)10-18-13-6-4-5-11(2)7-13/h4-9,14,17H,3,10H2,1-2H3. The van der Waals surface area contributed by atoms with E-state index in [1.807, 2.05) is 23.9 Å². The SMILES string of the molecule is CCn1cc(C(O)CSc2cccc(C)c2)cn1. The molecule has 1 aromatic heterocycles. The van der Waals surface area contributed by atoms with Gasteiger partial charge >= 0.3 is 0 Å². The van der Waals surface area contributed by atoms with Crippen LogP contribution < -0.4 is 0 Å². The van der Waals surface area contributed by atoms with E-state index in [1.54, 1.807) is 18.0 Å². The van der Waals surface area contributed by atoms with Crippen molar-refractivity contribution in [3.63, 3.8) is 0 Å². The fraction of sp³-hybridized carbons (Fsp3) is 0.357. The summed E-state index contributed by atoms with van der Waals surface area (Å²) >= 11 is 1.67. The van der Waals surface area contributed by atoms with E-state index in [0.29, 0.717) is 5.75 Å². The van der Waals surface area contributed by atoms with Crippen LogP contribution in [0.4, 0.5) is 0 Å². The number of hydrogen-bond donors (Lipinski definition) is 1. The lowest BCUT2D eigenvalue weighted by Crippen LogP contribution is -1.99. The number of hydrogen-bond acceptors (Lipinski definition) is 3. The maximum Gasteiger partial charge on any atom is 0.0914 e. The van der Waals surface area contributed by atoms with Crippen molar-refractivity contribution in [1.29, 1.82) is 0 Å². The van der Waals surface area contributed by atoms with Gasteiger partial charge in [-0.15, -0.1) is 11.8 Å². The molecule has 0 radical (unpaired) electrons. The molecule has 1 N–H and O–H groups in total. The van der Waals surface area contributed by atoms with Crippen molar-refractivity contribution >= 4 is 11.8 Å². The third-order valence-electron chi connectivity index (χ3n) is 2.76. The number of nitrogens with zero attached hydrogens (tertiary/aromatic N) is 2. The van der Waals surface area contributed by atoms with Crippen LogP contribution in [0.2, 0.25) is 0 Å². The van der Waals surface area contributed by atoms with Gasteiger partial charge < -0.3 is 5.11 Å². The molecule has 0 bridgehead atoms. The van der Waals surface area contributed by atoms with Crippen LogP contribution in [0.1, 0.15) is 24.2 Å². The van der Waals surface area contributed by atoms with Crippen LogP contribution in [0.25, 0.3) is 0 Å². The first-order valence-electron chi connectivity index (χ1n) is 6.09. The first-order valence-corrected chi connectivity index (χ1v) is 7.07. The molecule has 3 nitrogen and oxygen atoms in total. The third-order valence-corrected chi connectivity index (χ3v) is 3.83. The van der Waals surface area contributed by atoms with Gasteiger partial charge in [0.25, 0.3) is 0 Å². The molecule has 1 atom stereocenters. The molecule has 1 unspecified atom stereocenters. The van der Waals surface area contributed by atoms with Gasteiger partial charge in [0.1, 0.15) is 0 Å². The lowest BCUT2D eigenvalue weighted by atomic mass is 10.2. The Morgan fingerprint density at radius 1 is 1.44 bits per heavy atom. The summed E-state index contributed by atoms with van der Waals surface area (Å²) in [4.78, 5) is 1.19. The van der Waals surface area contributed by atoms with E-state index in [0.717, 1.165) is 12.1 Å². The lowest BCUT2D eigenvalue weighted by Gasteiger charge is -2.08. The second-order valence-corrected chi connectivity index (χ2v) is 5.37. The molecule has 2 aromatic rings. The molecule has 0 saturated heterocycles. The Hall–Kier alpha value is -1.26. The highest BCUT2D eigenvalue weighted by Crippen LogP contribution is 2.25. The third kappa shape index (κ3) is 3.37. The molecule has 0 aliphatic heterocycles. The average Bonchev–Trinajstić information content (AvgIpc) is 2.85. The minimum atomic E-state index is -0.462. The summed E-state index contributed by atoms with van der Waals surface area (Å²) in [7, 11) is 0. The van der Waals surface area contributed by atoms with Gasteiger partial charge in [0.15, 0.2) is 0 Å². The van der Waals surface area contributed by atoms with Crippen molar-refractivity contribution in [1.82, 2.24) is 9.78 Å². The van der Waals surface area contributed by atoms with Crippen LogP contribution in [-0.4, -0.2) is 20.6 Å². The molecular weight excluding hydrogens is 244 g/mol. The quantitative estimate of drug-likeness (QED) is 0.842. The highest BCUT2D eigenvalue weighted by atomic mass is 32.2. The topological polar surface area (TPSA) is 38.0 Å². The maximum absolute atomic E-state index is 10.1. The van der Waals surface area contributed by atoms with E-state index in [2.05, 4.69) is 30.2 Å². The maximum atomic E-state index is 10.1. The first kappa shape index (κ1) is 13.2. The van der Waals surface area contributed by atoms with Crippen molar-refractivity contribution in [2.24, 2.45) is 0 Å². The van der Waals surface area contributed by atoms with Crippen LogP contribution in [0.15, 0.2) is 41.6 Å². The Balaban J connectivity index is 1.93. The summed E-state index contributed by atoms with van der Waals surface area (Å²) in [6, 6.07) is 8.32. The van der Waals surface area contributed by atoms with Crippen molar-refractivity contribution in [3.05, 3.63) is 47.8 Å². The zero-order valence-corrected chi connectivity index (χ0v) is 11.5. The molecule has 1 aromatic carbocycles. The van der Waals surface area contributed by atoms with E-state index in [1.165, 1.54) is 10.5 Å². The van der Waals surface area contributed by atoms with Crippen LogP contribution in [0.5, 0.6) is 0 Å². The number of aliphatic hydroxyl groups excluding tert-OH is 1. The summed E-state index contributed by atoms with van der Waals surface area (Å²) in [5.41, 5.74) is 2.13. The number of aliphatic hydroxyl groups is 1. The number of aromatic nitrogens is 2. The molecule has 0 saturated carbocycles. The van der Waals surface area contributed by atoms with Crippen molar-refractivity contribution in [2.75, 3.05) is 5.75 Å². The van der Waals surface area contributed by atoms with Gasteiger partial charge in [0.05, 0.1) is 12.3 Å². The van der Waals surface area contributed by atoms with E-state index in [4.69, 9.17) is 0 Å². The molecule has 0 aliphatic rings. The molecule has 18 heavy (non-hydrogen) atoms. The lowest BCUT2D eigenvalue weighted by molar-refractivity contribution is 0.204. The van der Waals surface area contributed by atoms with Gasteiger partial charge in [0.2, 0.25) is 0 Å². The predicted octanol–water partition coefficient (Wildman–Crippen LogP) is 3.04. The van der Waals surface area contributed by atoms with Crippen molar-refractivity contribution in [3.8, 4) is 0 Å². The Morgan fingerprint density at radius 3 is 2.94 bits per heavy atom. The largest absolute Gasteiger partial charge is 0.387 e. The van der Waals surface area contributed by atoms with Gasteiger partial charge in [-0.25, -0.2) is 0 Å². The molecule has 0 fully saturated rings. The molecule has 0 amide bonds. The number of aryl methyl sites for hydroxylation is 2. The van der Waals surface area contributed by atoms with Gasteiger partial charge in [-0.05, 0) is 26.0 Å². The van der Waals surface area contributed by atoms with Crippen molar-refractivity contribution < 1.29 is 5.11 Å². The summed E-state index contributed by atoms with van der Waals surface area (Å²) in [6.45, 7) is 4.94. The Kier molecular flexibility index (Phi) is 4.44. The normalized spacial score (nSPS) is 12.6. The fourth-order valence-electron chi connectivity index (χ4n) is 1.70. The Bertz CT molecular complexity index is 510. The summed E-state index contributed by atoms with van der Waals surface area (Å²) in [5, 5.41) is 14.3. The monoisotopic (exact) mass is 262 g/mol. The molecule has 0 spiro atoms. The first-order chi connectivity index (χ1) is 8.69. The van der Waals surface area contributed by atoms with Gasteiger partial charge in [-0.3, -0.25) is 4.68 Å². The minimum absolute atomic E-state index is 0.462. The molecule has 2 rings (SSSR count). The zero-order chi connectivity index (χ0) is 13.0. The van der Waals surface area contributed by atoms with E-state index in [9.17, 15) is 5.11 Å². The number of benzene rings is 1. The zero-order valence-electron chi connectivity index (χ0n) is 10.7. The smallest absolute Gasteiger partial charge is 0.0914 e. The van der Waals surface area contributed by atoms with Crippen LogP contribution in [0.3, 0.4) is 0 Å². The molecular formula is C14H18N2OS.